The fourth-order valence-corrected chi connectivity index (χ4v) is 4.07. The summed E-state index contributed by atoms with van der Waals surface area (Å²) < 4.78 is 26.8. The van der Waals surface area contributed by atoms with E-state index in [0.29, 0.717) is 4.90 Å². The predicted molar refractivity (Wildman–Crippen MR) is 88.5 cm³/mol. The van der Waals surface area contributed by atoms with E-state index in [1.165, 1.54) is 5.56 Å². The van der Waals surface area contributed by atoms with Crippen LogP contribution in [0.5, 0.6) is 0 Å². The number of nitrogens with zero attached hydrogens (tertiary/aromatic N) is 1. The molecule has 0 amide bonds. The van der Waals surface area contributed by atoms with E-state index in [1.807, 2.05) is 12.1 Å². The largest absolute Gasteiger partial charge is 0.317 e. The Hall–Kier alpha value is -0.620. The van der Waals surface area contributed by atoms with Gasteiger partial charge in [0.25, 0.3) is 0 Å². The zero-order chi connectivity index (χ0) is 14.6. The standard InChI is InChI=1S/C15H24N2O2S.ClH/c1-3-4-13-5-7-15(8-6-13)20(18,19)17(2)14-9-11-16-12-10-14;/h5-8,14,16H,3-4,9-12H2,1-2H3;1H. The first kappa shape index (κ1) is 18.4. The van der Waals surface area contributed by atoms with Crippen molar-refractivity contribution in [1.82, 2.24) is 9.62 Å². The van der Waals surface area contributed by atoms with Crippen molar-refractivity contribution in [3.63, 3.8) is 0 Å². The number of sulfonamides is 1. The number of nitrogens with one attached hydrogen (secondary N) is 1. The van der Waals surface area contributed by atoms with Crippen molar-refractivity contribution in [3.8, 4) is 0 Å². The van der Waals surface area contributed by atoms with E-state index in [1.54, 1.807) is 23.5 Å². The molecule has 120 valence electrons. The summed E-state index contributed by atoms with van der Waals surface area (Å²) in [5.74, 6) is 0. The number of halogens is 1. The van der Waals surface area contributed by atoms with Gasteiger partial charge in [0.1, 0.15) is 0 Å². The molecule has 0 radical (unpaired) electrons. The van der Waals surface area contributed by atoms with E-state index < -0.39 is 10.0 Å². The number of hydrogen-bond acceptors (Lipinski definition) is 3. The highest BCUT2D eigenvalue weighted by atomic mass is 35.5. The molecule has 1 aliphatic rings. The predicted octanol–water partition coefficient (Wildman–Crippen LogP) is 2.43. The molecule has 1 saturated heterocycles. The van der Waals surface area contributed by atoms with Crippen LogP contribution in [0.2, 0.25) is 0 Å². The first-order valence-electron chi connectivity index (χ1n) is 7.33. The molecule has 1 aliphatic heterocycles. The molecule has 0 saturated carbocycles. The van der Waals surface area contributed by atoms with E-state index in [-0.39, 0.29) is 18.4 Å². The van der Waals surface area contributed by atoms with Crippen molar-refractivity contribution in [2.75, 3.05) is 20.1 Å². The van der Waals surface area contributed by atoms with Gasteiger partial charge in [0.2, 0.25) is 10.0 Å². The van der Waals surface area contributed by atoms with Crippen molar-refractivity contribution < 1.29 is 8.42 Å². The maximum atomic E-state index is 12.6. The molecule has 1 N–H and O–H groups in total. The number of piperidine rings is 1. The van der Waals surface area contributed by atoms with Gasteiger partial charge >= 0.3 is 0 Å². The highest BCUT2D eigenvalue weighted by Crippen LogP contribution is 2.21. The molecule has 1 aromatic rings. The molecule has 4 nitrogen and oxygen atoms in total. The first-order valence-corrected chi connectivity index (χ1v) is 8.77. The maximum absolute atomic E-state index is 12.6. The molecule has 0 aliphatic carbocycles. The molecular formula is C15H25ClN2O2S. The van der Waals surface area contributed by atoms with Crippen LogP contribution in [0.3, 0.4) is 0 Å². The van der Waals surface area contributed by atoms with Gasteiger partial charge in [-0.25, -0.2) is 8.42 Å². The van der Waals surface area contributed by atoms with Crippen LogP contribution in [0.25, 0.3) is 0 Å². The van der Waals surface area contributed by atoms with Crippen LogP contribution in [0.4, 0.5) is 0 Å². The van der Waals surface area contributed by atoms with Crippen LogP contribution < -0.4 is 5.32 Å². The lowest BCUT2D eigenvalue weighted by atomic mass is 10.1. The summed E-state index contributed by atoms with van der Waals surface area (Å²) in [5.41, 5.74) is 1.19. The molecule has 1 aromatic carbocycles. The average Bonchev–Trinajstić information content (AvgIpc) is 2.48. The minimum absolute atomic E-state index is 0. The van der Waals surface area contributed by atoms with Gasteiger partial charge in [0.05, 0.1) is 4.90 Å². The Labute approximate surface area is 134 Å². The highest BCUT2D eigenvalue weighted by molar-refractivity contribution is 7.89. The van der Waals surface area contributed by atoms with E-state index in [9.17, 15) is 8.42 Å². The molecule has 1 fully saturated rings. The van der Waals surface area contributed by atoms with Crippen molar-refractivity contribution in [1.29, 1.82) is 0 Å². The Kier molecular flexibility index (Phi) is 7.13. The summed E-state index contributed by atoms with van der Waals surface area (Å²) in [7, 11) is -1.67. The quantitative estimate of drug-likeness (QED) is 0.901. The van der Waals surface area contributed by atoms with Crippen molar-refractivity contribution in [2.24, 2.45) is 0 Å². The molecular weight excluding hydrogens is 308 g/mol. The molecule has 2 rings (SSSR count). The van der Waals surface area contributed by atoms with E-state index in [4.69, 9.17) is 0 Å². The normalized spacial score (nSPS) is 16.7. The van der Waals surface area contributed by atoms with Crippen molar-refractivity contribution in [3.05, 3.63) is 29.8 Å². The lowest BCUT2D eigenvalue weighted by molar-refractivity contribution is 0.296. The third-order valence-corrected chi connectivity index (χ3v) is 5.89. The SMILES string of the molecule is CCCc1ccc(S(=O)(=O)N(C)C2CCNCC2)cc1.Cl. The minimum atomic E-state index is -3.36. The molecule has 0 aromatic heterocycles. The van der Waals surface area contributed by atoms with Gasteiger partial charge in [-0.2, -0.15) is 4.31 Å². The van der Waals surface area contributed by atoms with E-state index >= 15 is 0 Å². The summed E-state index contributed by atoms with van der Waals surface area (Å²) in [6.45, 7) is 3.90. The van der Waals surface area contributed by atoms with E-state index in [0.717, 1.165) is 38.8 Å². The Balaban J connectivity index is 0.00000220. The van der Waals surface area contributed by atoms with Gasteiger partial charge < -0.3 is 5.32 Å². The summed E-state index contributed by atoms with van der Waals surface area (Å²) in [6, 6.07) is 7.42. The molecule has 0 atom stereocenters. The molecule has 6 heteroatoms. The van der Waals surface area contributed by atoms with Gasteiger partial charge in [-0.15, -0.1) is 12.4 Å². The summed E-state index contributed by atoms with van der Waals surface area (Å²) in [5, 5.41) is 3.26. The summed E-state index contributed by atoms with van der Waals surface area (Å²) in [6.07, 6.45) is 3.82. The van der Waals surface area contributed by atoms with Gasteiger partial charge in [-0.1, -0.05) is 25.5 Å². The van der Waals surface area contributed by atoms with Gasteiger partial charge in [-0.05, 0) is 50.0 Å². The van der Waals surface area contributed by atoms with Gasteiger partial charge in [0.15, 0.2) is 0 Å². The third kappa shape index (κ3) is 4.42. The zero-order valence-corrected chi connectivity index (χ0v) is 14.3. The molecule has 0 bridgehead atoms. The monoisotopic (exact) mass is 332 g/mol. The number of aryl methyl sites for hydroxylation is 1. The molecule has 1 heterocycles. The fourth-order valence-electron chi connectivity index (χ4n) is 2.65. The fraction of sp³-hybridized carbons (Fsp3) is 0.600. The van der Waals surface area contributed by atoms with Crippen LogP contribution in [0, 0.1) is 0 Å². The Bertz CT molecular complexity index is 525. The second kappa shape index (κ2) is 8.13. The highest BCUT2D eigenvalue weighted by Gasteiger charge is 2.28. The second-order valence-electron chi connectivity index (χ2n) is 5.40. The third-order valence-electron chi connectivity index (χ3n) is 3.96. The van der Waals surface area contributed by atoms with Crippen LogP contribution >= 0.6 is 12.4 Å². The van der Waals surface area contributed by atoms with Gasteiger partial charge in [-0.3, -0.25) is 0 Å². The van der Waals surface area contributed by atoms with Crippen molar-refractivity contribution >= 4 is 22.4 Å². The lowest BCUT2D eigenvalue weighted by Crippen LogP contribution is -2.43. The van der Waals surface area contributed by atoms with Crippen molar-refractivity contribution in [2.45, 2.75) is 43.5 Å². The smallest absolute Gasteiger partial charge is 0.243 e. The number of rotatable bonds is 5. The van der Waals surface area contributed by atoms with Crippen LogP contribution in [0.15, 0.2) is 29.2 Å². The summed E-state index contributed by atoms with van der Waals surface area (Å²) >= 11 is 0. The zero-order valence-electron chi connectivity index (χ0n) is 12.7. The topological polar surface area (TPSA) is 49.4 Å². The molecule has 0 spiro atoms. The minimum Gasteiger partial charge on any atom is -0.317 e. The Morgan fingerprint density at radius 3 is 2.29 bits per heavy atom. The Morgan fingerprint density at radius 1 is 1.19 bits per heavy atom. The lowest BCUT2D eigenvalue weighted by Gasteiger charge is -2.30. The number of hydrogen-bond donors (Lipinski definition) is 1. The van der Waals surface area contributed by atoms with Crippen LogP contribution in [-0.4, -0.2) is 38.9 Å². The van der Waals surface area contributed by atoms with Crippen LogP contribution in [0.1, 0.15) is 31.7 Å². The number of benzene rings is 1. The van der Waals surface area contributed by atoms with Gasteiger partial charge in [0, 0.05) is 13.1 Å². The van der Waals surface area contributed by atoms with Crippen LogP contribution in [-0.2, 0) is 16.4 Å². The average molecular weight is 333 g/mol. The maximum Gasteiger partial charge on any atom is 0.243 e. The summed E-state index contributed by atoms with van der Waals surface area (Å²) in [4.78, 5) is 0.401. The Morgan fingerprint density at radius 2 is 1.76 bits per heavy atom. The molecule has 0 unspecified atom stereocenters. The second-order valence-corrected chi connectivity index (χ2v) is 7.39. The van der Waals surface area contributed by atoms with E-state index in [2.05, 4.69) is 12.2 Å². The first-order chi connectivity index (χ1) is 9.55. The molecule has 21 heavy (non-hydrogen) atoms.